The lowest BCUT2D eigenvalue weighted by atomic mass is 9.97. The third-order valence-electron chi connectivity index (χ3n) is 2.28. The van der Waals surface area contributed by atoms with Crippen LogP contribution in [0.5, 0.6) is 0 Å². The Morgan fingerprint density at radius 2 is 2.17 bits per heavy atom. The van der Waals surface area contributed by atoms with E-state index in [1.165, 1.54) is 13.0 Å². The second-order valence-corrected chi connectivity index (χ2v) is 4.48. The molecule has 4 nitrogen and oxygen atoms in total. The quantitative estimate of drug-likeness (QED) is 0.685. The first-order valence-corrected chi connectivity index (χ1v) is 5.97. The Hall–Kier alpha value is -1.93. The van der Waals surface area contributed by atoms with Gasteiger partial charge >= 0.3 is 5.97 Å². The Morgan fingerprint density at radius 3 is 2.67 bits per heavy atom. The first-order valence-electron chi connectivity index (χ1n) is 5.06. The van der Waals surface area contributed by atoms with Crippen molar-refractivity contribution < 1.29 is 14.7 Å². The molecule has 0 radical (unpaired) electrons. The number of nitrogens with zero attached hydrogens (tertiary/aromatic N) is 1. The maximum Gasteiger partial charge on any atom is 0.328 e. The van der Waals surface area contributed by atoms with Gasteiger partial charge in [0.25, 0.3) is 0 Å². The second kappa shape index (κ2) is 6.12. The molecule has 1 atom stereocenters. The van der Waals surface area contributed by atoms with Crippen molar-refractivity contribution in [2.45, 2.75) is 11.8 Å². The van der Waals surface area contributed by atoms with Crippen LogP contribution < -0.4 is 0 Å². The van der Waals surface area contributed by atoms with E-state index in [9.17, 15) is 9.59 Å². The van der Waals surface area contributed by atoms with Crippen LogP contribution in [0.15, 0.2) is 24.3 Å². The summed E-state index contributed by atoms with van der Waals surface area (Å²) in [6.07, 6.45) is 2.27. The lowest BCUT2D eigenvalue weighted by Crippen LogP contribution is -2.04. The number of rotatable bonds is 4. The van der Waals surface area contributed by atoms with E-state index in [1.807, 2.05) is 6.07 Å². The highest BCUT2D eigenvalue weighted by atomic mass is 79.9. The summed E-state index contributed by atoms with van der Waals surface area (Å²) in [7, 11) is 0. The molecular weight excluding hydrogens is 298 g/mol. The number of hydrogen-bond acceptors (Lipinski definition) is 3. The Morgan fingerprint density at radius 1 is 1.50 bits per heavy atom. The fourth-order valence-corrected chi connectivity index (χ4v) is 1.86. The van der Waals surface area contributed by atoms with Crippen molar-refractivity contribution in [3.8, 4) is 6.07 Å². The molecule has 0 spiro atoms. The maximum atomic E-state index is 11.4. The first kappa shape index (κ1) is 14.1. The molecule has 0 bridgehead atoms. The van der Waals surface area contributed by atoms with Gasteiger partial charge in [-0.1, -0.05) is 28.1 Å². The van der Waals surface area contributed by atoms with Gasteiger partial charge in [0.2, 0.25) is 0 Å². The van der Waals surface area contributed by atoms with Crippen LogP contribution >= 0.6 is 15.9 Å². The molecule has 1 rings (SSSR count). The molecule has 1 unspecified atom stereocenters. The van der Waals surface area contributed by atoms with Crippen molar-refractivity contribution in [2.75, 3.05) is 0 Å². The third kappa shape index (κ3) is 3.28. The van der Waals surface area contributed by atoms with Gasteiger partial charge in [0.05, 0.1) is 16.5 Å². The van der Waals surface area contributed by atoms with Gasteiger partial charge < -0.3 is 5.11 Å². The van der Waals surface area contributed by atoms with Gasteiger partial charge in [-0.25, -0.2) is 4.79 Å². The summed E-state index contributed by atoms with van der Waals surface area (Å²) < 4.78 is 0. The molecule has 1 aromatic rings. The highest BCUT2D eigenvalue weighted by Gasteiger charge is 2.17. The van der Waals surface area contributed by atoms with Crippen LogP contribution in [0.25, 0.3) is 6.08 Å². The van der Waals surface area contributed by atoms with E-state index < -0.39 is 10.8 Å². The molecule has 0 aliphatic carbocycles. The van der Waals surface area contributed by atoms with Crippen LogP contribution in [-0.2, 0) is 9.59 Å². The van der Waals surface area contributed by atoms with E-state index in [2.05, 4.69) is 15.9 Å². The minimum absolute atomic E-state index is 0.116. The minimum Gasteiger partial charge on any atom is -0.478 e. The molecule has 5 heteroatoms. The lowest BCUT2D eigenvalue weighted by Gasteiger charge is -2.11. The molecule has 1 aromatic carbocycles. The highest BCUT2D eigenvalue weighted by Crippen LogP contribution is 2.29. The molecule has 0 saturated heterocycles. The largest absolute Gasteiger partial charge is 0.478 e. The molecular formula is C13H10BrNO3. The van der Waals surface area contributed by atoms with Crippen LogP contribution in [0, 0.1) is 11.3 Å². The summed E-state index contributed by atoms with van der Waals surface area (Å²) in [5.41, 5.74) is 1.36. The minimum atomic E-state index is -1.11. The average Bonchev–Trinajstić information content (AvgIpc) is 2.34. The molecule has 18 heavy (non-hydrogen) atoms. The Kier molecular flexibility index (Phi) is 4.81. The number of nitriles is 1. The zero-order valence-corrected chi connectivity index (χ0v) is 11.1. The van der Waals surface area contributed by atoms with Gasteiger partial charge in [0.15, 0.2) is 0 Å². The van der Waals surface area contributed by atoms with E-state index in [0.29, 0.717) is 16.7 Å². The number of halogens is 1. The van der Waals surface area contributed by atoms with Crippen molar-refractivity contribution in [1.29, 1.82) is 5.26 Å². The molecule has 0 aliphatic rings. The van der Waals surface area contributed by atoms with Crippen molar-refractivity contribution >= 4 is 33.8 Å². The van der Waals surface area contributed by atoms with Crippen molar-refractivity contribution in [3.05, 3.63) is 41.0 Å². The summed E-state index contributed by atoms with van der Waals surface area (Å²) in [5, 5.41) is 17.6. The predicted molar refractivity (Wildman–Crippen MR) is 70.2 cm³/mol. The topological polar surface area (TPSA) is 78.2 Å². The second-order valence-electron chi connectivity index (χ2n) is 3.57. The van der Waals surface area contributed by atoms with Crippen molar-refractivity contribution in [1.82, 2.24) is 0 Å². The Balaban J connectivity index is 3.39. The molecule has 0 aromatic heterocycles. The third-order valence-corrected chi connectivity index (χ3v) is 3.42. The fourth-order valence-electron chi connectivity index (χ4n) is 1.46. The zero-order valence-electron chi connectivity index (χ0n) is 9.55. The van der Waals surface area contributed by atoms with Crippen LogP contribution in [0.3, 0.4) is 0 Å². The SMILES string of the molecule is CC(=O)C(Br)c1cccc(C#N)c1C=CC(=O)O. The summed E-state index contributed by atoms with van der Waals surface area (Å²) in [6.45, 7) is 1.42. The molecule has 1 N–H and O–H groups in total. The number of carbonyl (C=O) groups excluding carboxylic acids is 1. The number of alkyl halides is 1. The van der Waals surface area contributed by atoms with E-state index in [4.69, 9.17) is 10.4 Å². The summed E-state index contributed by atoms with van der Waals surface area (Å²) in [5.74, 6) is -1.22. The number of ketones is 1. The normalized spacial score (nSPS) is 12.1. The van der Waals surface area contributed by atoms with Gasteiger partial charge in [-0.05, 0) is 30.2 Å². The Labute approximate surface area is 113 Å². The molecule has 0 fully saturated rings. The average molecular weight is 308 g/mol. The first-order chi connectivity index (χ1) is 8.47. The maximum absolute atomic E-state index is 11.4. The van der Waals surface area contributed by atoms with Gasteiger partial charge in [-0.15, -0.1) is 0 Å². The van der Waals surface area contributed by atoms with Gasteiger partial charge in [-0.3, -0.25) is 4.79 Å². The number of hydrogen-bond donors (Lipinski definition) is 1. The lowest BCUT2D eigenvalue weighted by molar-refractivity contribution is -0.131. The molecule has 0 amide bonds. The number of aliphatic carboxylic acids is 1. The zero-order chi connectivity index (χ0) is 13.7. The predicted octanol–water partition coefficient (Wildman–Crippen LogP) is 2.68. The molecule has 0 aliphatic heterocycles. The summed E-state index contributed by atoms with van der Waals surface area (Å²) >= 11 is 3.23. The number of carboxylic acids is 1. The van der Waals surface area contributed by atoms with Crippen LogP contribution in [0.1, 0.15) is 28.4 Å². The Bertz CT molecular complexity index is 558. The fraction of sp³-hybridized carbons (Fsp3) is 0.154. The van der Waals surface area contributed by atoms with Crippen LogP contribution in [-0.4, -0.2) is 16.9 Å². The summed E-state index contributed by atoms with van der Waals surface area (Å²) in [6, 6.07) is 6.89. The van der Waals surface area contributed by atoms with Gasteiger partial charge in [0, 0.05) is 6.08 Å². The van der Waals surface area contributed by atoms with E-state index in [-0.39, 0.29) is 5.78 Å². The van der Waals surface area contributed by atoms with E-state index in [1.54, 1.807) is 18.2 Å². The van der Waals surface area contributed by atoms with Crippen molar-refractivity contribution in [2.24, 2.45) is 0 Å². The molecule has 92 valence electrons. The smallest absolute Gasteiger partial charge is 0.328 e. The number of carboxylic acid groups (broad SMARTS) is 1. The van der Waals surface area contributed by atoms with E-state index >= 15 is 0 Å². The van der Waals surface area contributed by atoms with E-state index in [0.717, 1.165) is 6.08 Å². The molecule has 0 saturated carbocycles. The number of benzene rings is 1. The van der Waals surface area contributed by atoms with Crippen LogP contribution in [0.4, 0.5) is 0 Å². The van der Waals surface area contributed by atoms with Crippen LogP contribution in [0.2, 0.25) is 0 Å². The highest BCUT2D eigenvalue weighted by molar-refractivity contribution is 9.09. The van der Waals surface area contributed by atoms with Gasteiger partial charge in [0.1, 0.15) is 5.78 Å². The monoisotopic (exact) mass is 307 g/mol. The summed E-state index contributed by atoms with van der Waals surface area (Å²) in [4.78, 5) is 21.3. The van der Waals surface area contributed by atoms with Gasteiger partial charge in [-0.2, -0.15) is 5.26 Å². The number of carbonyl (C=O) groups is 2. The molecule has 0 heterocycles. The standard InChI is InChI=1S/C13H10BrNO3/c1-8(16)13(14)11-4-2-3-9(7-15)10(11)5-6-12(17)18/h2-6,13H,1H3,(H,17,18). The number of Topliss-reactive ketones (excluding diaryl/α,β-unsaturated/α-hetero) is 1. The van der Waals surface area contributed by atoms with Crippen molar-refractivity contribution in [3.63, 3.8) is 0 Å².